The van der Waals surface area contributed by atoms with Crippen LogP contribution in [0.4, 0.5) is 0 Å². The van der Waals surface area contributed by atoms with Crippen LogP contribution in [0, 0.1) is 6.92 Å². The van der Waals surface area contributed by atoms with E-state index in [0.717, 1.165) is 12.7 Å². The Morgan fingerprint density at radius 2 is 1.85 bits per heavy atom. The first-order valence-corrected chi connectivity index (χ1v) is 3.87. The molecule has 1 N–H and O–H groups in total. The number of carboxylic acid groups (broad SMARTS) is 1. The number of carbonyl (C=O) groups is 1. The van der Waals surface area contributed by atoms with Crippen LogP contribution in [-0.4, -0.2) is 18.2 Å². The van der Waals surface area contributed by atoms with Crippen LogP contribution in [0.25, 0.3) is 0 Å². The predicted molar refractivity (Wildman–Crippen MR) is 51.0 cm³/mol. The Kier molecular flexibility index (Phi) is 5.35. The van der Waals surface area contributed by atoms with Crippen molar-refractivity contribution in [1.82, 2.24) is 0 Å². The summed E-state index contributed by atoms with van der Waals surface area (Å²) < 4.78 is 5.04. The number of rotatable bonds is 1. The highest BCUT2D eigenvalue weighted by Crippen LogP contribution is 2.14. The Labute approximate surface area is 78.0 Å². The molecule has 72 valence electrons. The molecule has 13 heavy (non-hydrogen) atoms. The van der Waals surface area contributed by atoms with Gasteiger partial charge in [-0.2, -0.15) is 0 Å². The maximum atomic E-state index is 9.00. The molecule has 1 rings (SSSR count). The van der Waals surface area contributed by atoms with Crippen molar-refractivity contribution in [2.75, 3.05) is 7.11 Å². The van der Waals surface area contributed by atoms with Gasteiger partial charge in [0, 0.05) is 6.92 Å². The van der Waals surface area contributed by atoms with E-state index in [4.69, 9.17) is 14.6 Å². The van der Waals surface area contributed by atoms with Gasteiger partial charge in [0.1, 0.15) is 5.75 Å². The molecule has 0 aliphatic rings. The molecule has 0 spiro atoms. The first-order chi connectivity index (χ1) is 6.07. The third-order valence-electron chi connectivity index (χ3n) is 1.31. The first kappa shape index (κ1) is 11.5. The number of benzene rings is 1. The molecule has 0 aliphatic heterocycles. The van der Waals surface area contributed by atoms with E-state index in [0.29, 0.717) is 0 Å². The van der Waals surface area contributed by atoms with Gasteiger partial charge in [0.2, 0.25) is 0 Å². The first-order valence-electron chi connectivity index (χ1n) is 3.87. The molecule has 0 radical (unpaired) electrons. The fraction of sp³-hybridized carbons (Fsp3) is 0.300. The van der Waals surface area contributed by atoms with Crippen molar-refractivity contribution in [3.63, 3.8) is 0 Å². The highest BCUT2D eigenvalue weighted by molar-refractivity contribution is 5.62. The van der Waals surface area contributed by atoms with Crippen LogP contribution in [0.2, 0.25) is 0 Å². The van der Waals surface area contributed by atoms with Crippen LogP contribution in [-0.2, 0) is 4.79 Å². The van der Waals surface area contributed by atoms with E-state index in [9.17, 15) is 0 Å². The number of methoxy groups -OCH3 is 1. The van der Waals surface area contributed by atoms with E-state index < -0.39 is 5.97 Å². The number of ether oxygens (including phenoxy) is 1. The van der Waals surface area contributed by atoms with E-state index in [2.05, 4.69) is 0 Å². The average Bonchev–Trinajstić information content (AvgIpc) is 2.04. The normalized spacial score (nSPS) is 8.23. The number of para-hydroxylation sites is 1. The van der Waals surface area contributed by atoms with Gasteiger partial charge in [0.15, 0.2) is 0 Å². The SMILES string of the molecule is CC(=O)O.COc1ccccc1C. The van der Waals surface area contributed by atoms with E-state index in [1.54, 1.807) is 7.11 Å². The summed E-state index contributed by atoms with van der Waals surface area (Å²) in [6.07, 6.45) is 0. The van der Waals surface area contributed by atoms with Crippen molar-refractivity contribution in [3.05, 3.63) is 29.8 Å². The average molecular weight is 182 g/mol. The summed E-state index contributed by atoms with van der Waals surface area (Å²) in [4.78, 5) is 9.00. The van der Waals surface area contributed by atoms with Crippen molar-refractivity contribution in [2.24, 2.45) is 0 Å². The van der Waals surface area contributed by atoms with E-state index >= 15 is 0 Å². The zero-order valence-corrected chi connectivity index (χ0v) is 8.07. The molecule has 3 nitrogen and oxygen atoms in total. The molecule has 0 atom stereocenters. The highest BCUT2D eigenvalue weighted by atomic mass is 16.5. The van der Waals surface area contributed by atoms with Crippen molar-refractivity contribution in [3.8, 4) is 5.75 Å². The molecule has 0 bridgehead atoms. The second-order valence-corrected chi connectivity index (χ2v) is 2.49. The standard InChI is InChI=1S/C8H10O.C2H4O2/c1-7-5-3-4-6-8(7)9-2;1-2(3)4/h3-6H,1-2H3;1H3,(H,3,4). The fourth-order valence-corrected chi connectivity index (χ4v) is 0.785. The predicted octanol–water partition coefficient (Wildman–Crippen LogP) is 2.09. The van der Waals surface area contributed by atoms with Crippen LogP contribution >= 0.6 is 0 Å². The topological polar surface area (TPSA) is 46.5 Å². The molecule has 0 fully saturated rings. The molecule has 0 amide bonds. The highest BCUT2D eigenvalue weighted by Gasteiger charge is 1.90. The molecule has 0 saturated heterocycles. The second kappa shape index (κ2) is 6.06. The van der Waals surface area contributed by atoms with Crippen LogP contribution < -0.4 is 4.74 Å². The number of carboxylic acids is 1. The monoisotopic (exact) mass is 182 g/mol. The number of aliphatic carboxylic acids is 1. The van der Waals surface area contributed by atoms with Gasteiger partial charge < -0.3 is 9.84 Å². The molecule has 1 aromatic carbocycles. The summed E-state index contributed by atoms with van der Waals surface area (Å²) in [6.45, 7) is 3.11. The summed E-state index contributed by atoms with van der Waals surface area (Å²) in [6, 6.07) is 7.94. The zero-order chi connectivity index (χ0) is 10.3. The van der Waals surface area contributed by atoms with Crippen LogP contribution in [0.5, 0.6) is 5.75 Å². The van der Waals surface area contributed by atoms with Crippen molar-refractivity contribution < 1.29 is 14.6 Å². The van der Waals surface area contributed by atoms with Gasteiger partial charge in [-0.3, -0.25) is 4.79 Å². The molecular weight excluding hydrogens is 168 g/mol. The third kappa shape index (κ3) is 5.73. The maximum Gasteiger partial charge on any atom is 0.300 e. The van der Waals surface area contributed by atoms with Gasteiger partial charge in [0.25, 0.3) is 5.97 Å². The summed E-state index contributed by atoms with van der Waals surface area (Å²) in [5, 5.41) is 7.42. The smallest absolute Gasteiger partial charge is 0.300 e. The minimum Gasteiger partial charge on any atom is -0.496 e. The van der Waals surface area contributed by atoms with Gasteiger partial charge in [-0.15, -0.1) is 0 Å². The molecule has 0 aliphatic carbocycles. The van der Waals surface area contributed by atoms with Crippen LogP contribution in [0.15, 0.2) is 24.3 Å². The van der Waals surface area contributed by atoms with Crippen LogP contribution in [0.3, 0.4) is 0 Å². The summed E-state index contributed by atoms with van der Waals surface area (Å²) in [5.74, 6) is 0.123. The minimum absolute atomic E-state index is 0.833. The molecule has 3 heteroatoms. The van der Waals surface area contributed by atoms with Gasteiger partial charge in [-0.05, 0) is 18.6 Å². The van der Waals surface area contributed by atoms with E-state index in [-0.39, 0.29) is 0 Å². The largest absolute Gasteiger partial charge is 0.496 e. The molecule has 0 unspecified atom stereocenters. The third-order valence-corrected chi connectivity index (χ3v) is 1.31. The number of hydrogen-bond donors (Lipinski definition) is 1. The van der Waals surface area contributed by atoms with E-state index in [1.165, 1.54) is 5.56 Å². The lowest BCUT2D eigenvalue weighted by Gasteiger charge is -2.00. The van der Waals surface area contributed by atoms with Crippen molar-refractivity contribution >= 4 is 5.97 Å². The van der Waals surface area contributed by atoms with Gasteiger partial charge >= 0.3 is 0 Å². The quantitative estimate of drug-likeness (QED) is 0.723. The van der Waals surface area contributed by atoms with E-state index in [1.807, 2.05) is 31.2 Å². The lowest BCUT2D eigenvalue weighted by Crippen LogP contribution is -1.84. The van der Waals surface area contributed by atoms with Crippen molar-refractivity contribution in [2.45, 2.75) is 13.8 Å². The number of aryl methyl sites for hydroxylation is 1. The second-order valence-electron chi connectivity index (χ2n) is 2.49. The van der Waals surface area contributed by atoms with Crippen molar-refractivity contribution in [1.29, 1.82) is 0 Å². The summed E-state index contributed by atoms with van der Waals surface area (Å²) >= 11 is 0. The Hall–Kier alpha value is -1.51. The minimum atomic E-state index is -0.833. The fourth-order valence-electron chi connectivity index (χ4n) is 0.785. The van der Waals surface area contributed by atoms with Gasteiger partial charge in [-0.1, -0.05) is 18.2 Å². The van der Waals surface area contributed by atoms with Gasteiger partial charge in [-0.25, -0.2) is 0 Å². The Morgan fingerprint density at radius 3 is 2.15 bits per heavy atom. The van der Waals surface area contributed by atoms with Crippen LogP contribution in [0.1, 0.15) is 12.5 Å². The molecule has 1 aromatic rings. The molecule has 0 heterocycles. The summed E-state index contributed by atoms with van der Waals surface area (Å²) in [5.41, 5.74) is 1.18. The Morgan fingerprint density at radius 1 is 1.38 bits per heavy atom. The lowest BCUT2D eigenvalue weighted by molar-refractivity contribution is -0.134. The Balaban J connectivity index is 0.000000310. The Bertz CT molecular complexity index is 265. The number of hydrogen-bond acceptors (Lipinski definition) is 2. The molecule has 0 saturated carbocycles. The lowest BCUT2D eigenvalue weighted by atomic mass is 10.2. The zero-order valence-electron chi connectivity index (χ0n) is 8.07. The molecular formula is C10H14O3. The van der Waals surface area contributed by atoms with Gasteiger partial charge in [0.05, 0.1) is 7.11 Å². The molecule has 0 aromatic heterocycles. The summed E-state index contributed by atoms with van der Waals surface area (Å²) in [7, 11) is 1.68. The maximum absolute atomic E-state index is 9.00.